The number of halogens is 1. The second kappa shape index (κ2) is 9.98. The van der Waals surface area contributed by atoms with Crippen molar-refractivity contribution in [3.05, 3.63) is 28.8 Å². The van der Waals surface area contributed by atoms with E-state index in [0.717, 1.165) is 61.8 Å². The van der Waals surface area contributed by atoms with Crippen molar-refractivity contribution in [1.82, 2.24) is 9.80 Å². The standard InChI is InChI=1S/C23H35ClN2O2/c1-17(2)9-10-22(27)25(3)15-18-13-20(14-18)28-21-8-6-7-19(23(21)24)16-26-11-4-5-12-26/h6-8,17-18,20H,4-5,9-16H2,1-3H3. The first-order chi connectivity index (χ1) is 13.4. The molecule has 4 nitrogen and oxygen atoms in total. The van der Waals surface area contributed by atoms with Crippen molar-refractivity contribution in [3.8, 4) is 5.75 Å². The van der Waals surface area contributed by atoms with Crippen LogP contribution in [-0.4, -0.2) is 48.5 Å². The van der Waals surface area contributed by atoms with E-state index in [1.165, 1.54) is 12.8 Å². The molecule has 2 fully saturated rings. The van der Waals surface area contributed by atoms with E-state index in [4.69, 9.17) is 16.3 Å². The minimum Gasteiger partial charge on any atom is -0.489 e. The minimum atomic E-state index is 0.212. The van der Waals surface area contributed by atoms with Crippen LogP contribution in [-0.2, 0) is 11.3 Å². The van der Waals surface area contributed by atoms with Crippen molar-refractivity contribution in [1.29, 1.82) is 0 Å². The summed E-state index contributed by atoms with van der Waals surface area (Å²) in [6.45, 7) is 8.38. The number of hydrogen-bond acceptors (Lipinski definition) is 3. The van der Waals surface area contributed by atoms with Crippen LogP contribution in [0.15, 0.2) is 18.2 Å². The predicted octanol–water partition coefficient (Wildman–Crippen LogP) is 4.99. The van der Waals surface area contributed by atoms with Crippen molar-refractivity contribution in [2.75, 3.05) is 26.7 Å². The summed E-state index contributed by atoms with van der Waals surface area (Å²) in [6, 6.07) is 6.13. The molecular weight excluding hydrogens is 372 g/mol. The molecule has 2 aliphatic rings. The molecule has 0 aromatic heterocycles. The van der Waals surface area contributed by atoms with Gasteiger partial charge in [0.15, 0.2) is 0 Å². The highest BCUT2D eigenvalue weighted by atomic mass is 35.5. The van der Waals surface area contributed by atoms with Crippen LogP contribution in [0.2, 0.25) is 5.02 Å². The molecule has 0 N–H and O–H groups in total. The van der Waals surface area contributed by atoms with Gasteiger partial charge >= 0.3 is 0 Å². The van der Waals surface area contributed by atoms with Crippen molar-refractivity contribution in [3.63, 3.8) is 0 Å². The monoisotopic (exact) mass is 406 g/mol. The van der Waals surface area contributed by atoms with Crippen molar-refractivity contribution < 1.29 is 9.53 Å². The third-order valence-electron chi connectivity index (χ3n) is 6.02. The molecule has 3 rings (SSSR count). The summed E-state index contributed by atoms with van der Waals surface area (Å²) in [5.41, 5.74) is 1.16. The minimum absolute atomic E-state index is 0.212. The average molecular weight is 407 g/mol. The number of rotatable bonds is 9. The Morgan fingerprint density at radius 2 is 2.00 bits per heavy atom. The molecule has 28 heavy (non-hydrogen) atoms. The number of nitrogens with zero attached hydrogens (tertiary/aromatic N) is 2. The first-order valence-corrected chi connectivity index (χ1v) is 11.2. The lowest BCUT2D eigenvalue weighted by molar-refractivity contribution is -0.131. The molecule has 156 valence electrons. The Labute approximate surface area is 175 Å². The van der Waals surface area contributed by atoms with Crippen LogP contribution in [0.5, 0.6) is 5.75 Å². The van der Waals surface area contributed by atoms with Gasteiger partial charge in [-0.25, -0.2) is 0 Å². The molecule has 0 spiro atoms. The number of amides is 1. The fraction of sp³-hybridized carbons (Fsp3) is 0.696. The van der Waals surface area contributed by atoms with E-state index in [1.807, 2.05) is 24.1 Å². The van der Waals surface area contributed by atoms with Gasteiger partial charge in [-0.1, -0.05) is 37.6 Å². The highest BCUT2D eigenvalue weighted by Gasteiger charge is 2.33. The summed E-state index contributed by atoms with van der Waals surface area (Å²) >= 11 is 6.63. The number of ether oxygens (including phenoxy) is 1. The third kappa shape index (κ3) is 5.87. The molecular formula is C23H35ClN2O2. The van der Waals surface area contributed by atoms with Gasteiger partial charge in [0.05, 0.1) is 11.1 Å². The van der Waals surface area contributed by atoms with E-state index in [-0.39, 0.29) is 12.0 Å². The first-order valence-electron chi connectivity index (χ1n) is 10.8. The number of benzene rings is 1. The zero-order chi connectivity index (χ0) is 20.1. The number of likely N-dealkylation sites (tertiary alicyclic amines) is 1. The highest BCUT2D eigenvalue weighted by molar-refractivity contribution is 6.32. The van der Waals surface area contributed by atoms with Gasteiger partial charge in [0.1, 0.15) is 5.75 Å². The lowest BCUT2D eigenvalue weighted by Crippen LogP contribution is -2.42. The maximum Gasteiger partial charge on any atom is 0.222 e. The third-order valence-corrected chi connectivity index (χ3v) is 6.44. The van der Waals surface area contributed by atoms with Crippen LogP contribution < -0.4 is 4.74 Å². The Kier molecular flexibility index (Phi) is 7.64. The largest absolute Gasteiger partial charge is 0.489 e. The molecule has 5 heteroatoms. The lowest BCUT2D eigenvalue weighted by Gasteiger charge is -2.38. The summed E-state index contributed by atoms with van der Waals surface area (Å²) in [5.74, 6) is 2.17. The smallest absolute Gasteiger partial charge is 0.222 e. The molecule has 1 heterocycles. The molecule has 0 bridgehead atoms. The average Bonchev–Trinajstić information content (AvgIpc) is 3.13. The topological polar surface area (TPSA) is 32.8 Å². The van der Waals surface area contributed by atoms with Crippen LogP contribution >= 0.6 is 11.6 Å². The SMILES string of the molecule is CC(C)CCC(=O)N(C)CC1CC(Oc2cccc(CN3CCCC3)c2Cl)C1. The first kappa shape index (κ1) is 21.4. The summed E-state index contributed by atoms with van der Waals surface area (Å²) in [5, 5.41) is 0.763. The van der Waals surface area contributed by atoms with Gasteiger partial charge in [-0.05, 0) is 68.7 Å². The molecule has 1 amide bonds. The Morgan fingerprint density at radius 1 is 1.29 bits per heavy atom. The van der Waals surface area contributed by atoms with E-state index in [9.17, 15) is 4.79 Å². The quantitative estimate of drug-likeness (QED) is 0.579. The molecule has 1 aliphatic heterocycles. The summed E-state index contributed by atoms with van der Waals surface area (Å²) in [4.78, 5) is 16.5. The Balaban J connectivity index is 1.43. The van der Waals surface area contributed by atoms with Crippen LogP contribution in [0.4, 0.5) is 0 Å². The molecule has 0 radical (unpaired) electrons. The van der Waals surface area contributed by atoms with Crippen LogP contribution in [0.25, 0.3) is 0 Å². The zero-order valence-corrected chi connectivity index (χ0v) is 18.4. The van der Waals surface area contributed by atoms with E-state index in [1.54, 1.807) is 0 Å². The van der Waals surface area contributed by atoms with E-state index in [0.29, 0.717) is 18.3 Å². The van der Waals surface area contributed by atoms with Gasteiger partial charge in [0.25, 0.3) is 0 Å². The predicted molar refractivity (Wildman–Crippen MR) is 115 cm³/mol. The summed E-state index contributed by atoms with van der Waals surface area (Å²) in [7, 11) is 1.93. The number of hydrogen-bond donors (Lipinski definition) is 0. The van der Waals surface area contributed by atoms with Gasteiger partial charge in [0.2, 0.25) is 5.91 Å². The van der Waals surface area contributed by atoms with Crippen molar-refractivity contribution in [2.45, 2.75) is 65.0 Å². The molecule has 1 aromatic rings. The van der Waals surface area contributed by atoms with Gasteiger partial charge in [0, 0.05) is 26.6 Å². The molecule has 1 saturated carbocycles. The highest BCUT2D eigenvalue weighted by Crippen LogP contribution is 2.36. The fourth-order valence-electron chi connectivity index (χ4n) is 4.14. The fourth-order valence-corrected chi connectivity index (χ4v) is 4.37. The molecule has 1 aromatic carbocycles. The normalized spacial score (nSPS) is 22.3. The lowest BCUT2D eigenvalue weighted by atomic mass is 9.82. The zero-order valence-electron chi connectivity index (χ0n) is 17.6. The molecule has 0 unspecified atom stereocenters. The maximum absolute atomic E-state index is 12.2. The van der Waals surface area contributed by atoms with Gasteiger partial charge in [-0.2, -0.15) is 0 Å². The number of carbonyl (C=O) groups excluding carboxylic acids is 1. The number of carbonyl (C=O) groups is 1. The van der Waals surface area contributed by atoms with Crippen LogP contribution in [0.3, 0.4) is 0 Å². The Bertz CT molecular complexity index is 652. The second-order valence-corrected chi connectivity index (χ2v) is 9.37. The summed E-state index contributed by atoms with van der Waals surface area (Å²) in [6.07, 6.45) is 6.38. The van der Waals surface area contributed by atoms with E-state index in [2.05, 4.69) is 24.8 Å². The van der Waals surface area contributed by atoms with Gasteiger partial charge < -0.3 is 9.64 Å². The molecule has 1 aliphatic carbocycles. The molecule has 0 atom stereocenters. The van der Waals surface area contributed by atoms with Gasteiger partial charge in [-0.3, -0.25) is 9.69 Å². The van der Waals surface area contributed by atoms with Gasteiger partial charge in [-0.15, -0.1) is 0 Å². The van der Waals surface area contributed by atoms with Crippen molar-refractivity contribution in [2.24, 2.45) is 11.8 Å². The van der Waals surface area contributed by atoms with E-state index < -0.39 is 0 Å². The Hall–Kier alpha value is -1.26. The maximum atomic E-state index is 12.2. The molecule has 1 saturated heterocycles. The van der Waals surface area contributed by atoms with E-state index >= 15 is 0 Å². The van der Waals surface area contributed by atoms with Crippen molar-refractivity contribution >= 4 is 17.5 Å². The van der Waals surface area contributed by atoms with Crippen LogP contribution in [0, 0.1) is 11.8 Å². The van der Waals surface area contributed by atoms with Crippen LogP contribution in [0.1, 0.15) is 57.9 Å². The Morgan fingerprint density at radius 3 is 2.68 bits per heavy atom. The second-order valence-electron chi connectivity index (χ2n) is 9.00. The summed E-state index contributed by atoms with van der Waals surface area (Å²) < 4.78 is 6.18.